The highest BCUT2D eigenvalue weighted by Gasteiger charge is 2.22. The number of carbonyl (C=O) groups excluding carboxylic acids is 1. The molecule has 0 saturated carbocycles. The van der Waals surface area contributed by atoms with Crippen LogP contribution in [-0.2, 0) is 17.7 Å². The molecule has 0 atom stereocenters. The number of nitrogens with zero attached hydrogens (tertiary/aromatic N) is 5. The van der Waals surface area contributed by atoms with Crippen LogP contribution in [-0.4, -0.2) is 51.3 Å². The zero-order valence-corrected chi connectivity index (χ0v) is 21.9. The maximum absolute atomic E-state index is 13.5. The van der Waals surface area contributed by atoms with E-state index in [1.807, 2.05) is 25.1 Å². The molecule has 0 fully saturated rings. The molecule has 2 N–H and O–H groups in total. The Morgan fingerprint density at radius 3 is 2.80 bits per heavy atom. The first-order valence-corrected chi connectivity index (χ1v) is 12.7. The second-order valence-corrected chi connectivity index (χ2v) is 9.45. The molecule has 0 bridgehead atoms. The number of benzene rings is 2. The number of imidazole rings is 1. The van der Waals surface area contributed by atoms with E-state index >= 15 is 0 Å². The topological polar surface area (TPSA) is 118 Å². The molecule has 0 radical (unpaired) electrons. The minimum atomic E-state index is -0.616. The molecule has 6 rings (SSSR count). The van der Waals surface area contributed by atoms with Gasteiger partial charge < -0.3 is 19.4 Å². The van der Waals surface area contributed by atoms with E-state index in [0.717, 1.165) is 45.1 Å². The summed E-state index contributed by atoms with van der Waals surface area (Å²) in [6, 6.07) is 14.5. The Balaban J connectivity index is 1.30. The van der Waals surface area contributed by atoms with Gasteiger partial charge in [0.1, 0.15) is 30.3 Å². The van der Waals surface area contributed by atoms with Crippen LogP contribution >= 0.6 is 0 Å². The lowest BCUT2D eigenvalue weighted by molar-refractivity contribution is 0.186. The van der Waals surface area contributed by atoms with Crippen LogP contribution in [0, 0.1) is 12.7 Å². The van der Waals surface area contributed by atoms with Crippen molar-refractivity contribution in [2.24, 2.45) is 0 Å². The molecule has 0 unspecified atom stereocenters. The number of rotatable bonds is 5. The van der Waals surface area contributed by atoms with E-state index in [2.05, 4.69) is 45.9 Å². The van der Waals surface area contributed by atoms with E-state index in [1.165, 1.54) is 19.2 Å². The summed E-state index contributed by atoms with van der Waals surface area (Å²) in [5, 5.41) is 2.52. The molecule has 202 valence electrons. The molecule has 1 aliphatic rings. The van der Waals surface area contributed by atoms with Gasteiger partial charge >= 0.3 is 6.09 Å². The first kappa shape index (κ1) is 25.2. The van der Waals surface area contributed by atoms with Crippen molar-refractivity contribution in [1.29, 1.82) is 0 Å². The quantitative estimate of drug-likeness (QED) is 0.319. The molecule has 2 aromatic carbocycles. The van der Waals surface area contributed by atoms with Crippen LogP contribution in [0.5, 0.6) is 5.75 Å². The highest BCUT2D eigenvalue weighted by atomic mass is 19.1. The molecule has 1 amide bonds. The summed E-state index contributed by atoms with van der Waals surface area (Å²) < 4.78 is 24.2. The predicted octanol–water partition coefficient (Wildman–Crippen LogP) is 5.03. The third kappa shape index (κ3) is 5.13. The van der Waals surface area contributed by atoms with E-state index in [9.17, 15) is 9.18 Å². The van der Waals surface area contributed by atoms with Gasteiger partial charge in [-0.15, -0.1) is 0 Å². The van der Waals surface area contributed by atoms with Crippen molar-refractivity contribution in [2.75, 3.05) is 30.5 Å². The van der Waals surface area contributed by atoms with E-state index < -0.39 is 6.09 Å². The second-order valence-electron chi connectivity index (χ2n) is 9.45. The number of amides is 1. The molecular weight excluding hydrogens is 513 g/mol. The van der Waals surface area contributed by atoms with Crippen LogP contribution in [0.25, 0.3) is 22.3 Å². The maximum Gasteiger partial charge on any atom is 0.413 e. The van der Waals surface area contributed by atoms with Crippen molar-refractivity contribution in [1.82, 2.24) is 24.9 Å². The summed E-state index contributed by atoms with van der Waals surface area (Å²) in [5.74, 6) is 1.65. The molecule has 4 heterocycles. The summed E-state index contributed by atoms with van der Waals surface area (Å²) in [6.45, 7) is 3.70. The number of aromatic amines is 1. The number of carbonyl (C=O) groups is 1. The molecule has 40 heavy (non-hydrogen) atoms. The van der Waals surface area contributed by atoms with E-state index in [1.54, 1.807) is 24.7 Å². The zero-order valence-electron chi connectivity index (χ0n) is 21.9. The maximum atomic E-state index is 13.5. The lowest BCUT2D eigenvalue weighted by Gasteiger charge is -2.24. The summed E-state index contributed by atoms with van der Waals surface area (Å²) in [6.07, 6.45) is 3.30. The largest absolute Gasteiger partial charge is 0.491 e. The number of pyridine rings is 1. The van der Waals surface area contributed by atoms with Crippen molar-refractivity contribution < 1.29 is 18.7 Å². The lowest BCUT2D eigenvalue weighted by Crippen LogP contribution is -2.28. The fourth-order valence-electron chi connectivity index (χ4n) is 4.79. The number of aromatic nitrogens is 5. The van der Waals surface area contributed by atoms with Gasteiger partial charge in [-0.2, -0.15) is 4.98 Å². The summed E-state index contributed by atoms with van der Waals surface area (Å²) in [5.41, 5.74) is 6.88. The Labute approximate surface area is 229 Å². The number of nitrogens with one attached hydrogen (secondary N) is 2. The van der Waals surface area contributed by atoms with Gasteiger partial charge in [-0.05, 0) is 48.4 Å². The number of aryl methyl sites for hydroxylation is 1. The van der Waals surface area contributed by atoms with Crippen LogP contribution in [0.3, 0.4) is 0 Å². The highest BCUT2D eigenvalue weighted by Crippen LogP contribution is 2.33. The van der Waals surface area contributed by atoms with Gasteiger partial charge in [0.15, 0.2) is 5.65 Å². The van der Waals surface area contributed by atoms with Gasteiger partial charge in [-0.3, -0.25) is 5.32 Å². The van der Waals surface area contributed by atoms with Gasteiger partial charge in [0.25, 0.3) is 0 Å². The predicted molar refractivity (Wildman–Crippen MR) is 148 cm³/mol. The fraction of sp³-hybridized carbons (Fsp3) is 0.207. The monoisotopic (exact) mass is 539 g/mol. The number of fused-ring (bicyclic) bond motifs is 2. The van der Waals surface area contributed by atoms with Crippen molar-refractivity contribution in [3.63, 3.8) is 0 Å². The molecule has 0 aliphatic carbocycles. The molecule has 10 nitrogen and oxygen atoms in total. The zero-order chi connectivity index (χ0) is 27.6. The van der Waals surface area contributed by atoms with E-state index in [0.29, 0.717) is 37.3 Å². The van der Waals surface area contributed by atoms with Gasteiger partial charge in [0.05, 0.1) is 19.2 Å². The van der Waals surface area contributed by atoms with Crippen molar-refractivity contribution in [2.45, 2.75) is 19.9 Å². The minimum Gasteiger partial charge on any atom is -0.491 e. The Morgan fingerprint density at radius 2 is 1.98 bits per heavy atom. The smallest absolute Gasteiger partial charge is 0.413 e. The molecule has 0 saturated heterocycles. The minimum absolute atomic E-state index is 0.258. The molecule has 3 aromatic heterocycles. The first-order chi connectivity index (χ1) is 19.5. The van der Waals surface area contributed by atoms with Gasteiger partial charge in [-0.25, -0.2) is 24.1 Å². The lowest BCUT2D eigenvalue weighted by atomic mass is 10.0. The SMILES string of the molecule is COC(=O)Nc1nc2ncc(-c3ccc4c(c3)CN(c3ncnc(C)c3Cc3ccc(F)cc3)CCO4)cc2[nH]1. The average Bonchev–Trinajstić information content (AvgIpc) is 3.24. The standard InChI is InChI=1S/C29H26FN7O3/c1-17-23(11-18-3-6-22(30)7-4-18)27(33-16-32-17)37-9-10-40-25-8-5-19(12-21(25)15-37)20-13-24-26(31-14-20)35-28(34-24)36-29(38)39-2/h3-8,12-14,16H,9-11,15H2,1-2H3,(H2,31,34,35,36,38). The number of halogens is 1. The summed E-state index contributed by atoms with van der Waals surface area (Å²) in [7, 11) is 1.29. The molecule has 0 spiro atoms. The number of hydrogen-bond acceptors (Lipinski definition) is 8. The third-order valence-electron chi connectivity index (χ3n) is 6.85. The van der Waals surface area contributed by atoms with E-state index in [-0.39, 0.29) is 11.8 Å². The van der Waals surface area contributed by atoms with Crippen molar-refractivity contribution in [3.8, 4) is 16.9 Å². The Hall–Kier alpha value is -5.06. The first-order valence-electron chi connectivity index (χ1n) is 12.7. The Bertz CT molecular complexity index is 1700. The number of methoxy groups -OCH3 is 1. The number of anilines is 2. The molecular formula is C29H26FN7O3. The van der Waals surface area contributed by atoms with E-state index in [4.69, 9.17) is 4.74 Å². The normalized spacial score (nSPS) is 12.9. The van der Waals surface area contributed by atoms with Crippen LogP contribution in [0.15, 0.2) is 61.1 Å². The highest BCUT2D eigenvalue weighted by molar-refractivity contribution is 5.86. The van der Waals surface area contributed by atoms with Crippen molar-refractivity contribution >= 4 is 29.0 Å². The molecule has 11 heteroatoms. The van der Waals surface area contributed by atoms with Crippen molar-refractivity contribution in [3.05, 3.63) is 89.3 Å². The van der Waals surface area contributed by atoms with Crippen LogP contribution < -0.4 is 15.0 Å². The second kappa shape index (κ2) is 10.6. The Morgan fingerprint density at radius 1 is 1.12 bits per heavy atom. The van der Waals surface area contributed by atoms with Gasteiger partial charge in [-0.1, -0.05) is 18.2 Å². The van der Waals surface area contributed by atoms with Crippen LogP contribution in [0.2, 0.25) is 0 Å². The fourth-order valence-corrected chi connectivity index (χ4v) is 4.79. The van der Waals surface area contributed by atoms with Crippen LogP contribution in [0.4, 0.5) is 21.0 Å². The molecule has 1 aliphatic heterocycles. The number of H-pyrrole nitrogens is 1. The Kier molecular flexibility index (Phi) is 6.69. The summed E-state index contributed by atoms with van der Waals surface area (Å²) >= 11 is 0. The summed E-state index contributed by atoms with van der Waals surface area (Å²) in [4.78, 5) is 34.6. The van der Waals surface area contributed by atoms with Crippen LogP contribution in [0.1, 0.15) is 22.4 Å². The number of ether oxygens (including phenoxy) is 2. The number of hydrogen-bond donors (Lipinski definition) is 2. The van der Waals surface area contributed by atoms with Gasteiger partial charge in [0.2, 0.25) is 5.95 Å². The third-order valence-corrected chi connectivity index (χ3v) is 6.85. The average molecular weight is 540 g/mol. The van der Waals surface area contributed by atoms with Gasteiger partial charge in [0, 0.05) is 41.5 Å². The molecule has 5 aromatic rings.